The summed E-state index contributed by atoms with van der Waals surface area (Å²) in [6, 6.07) is 4.59. The minimum absolute atomic E-state index is 0.118. The van der Waals surface area contributed by atoms with E-state index in [2.05, 4.69) is 17.6 Å². The molecule has 0 saturated carbocycles. The van der Waals surface area contributed by atoms with Crippen molar-refractivity contribution in [3.8, 4) is 11.3 Å². The fourth-order valence-corrected chi connectivity index (χ4v) is 2.22. The van der Waals surface area contributed by atoms with Gasteiger partial charge in [-0.25, -0.2) is 4.98 Å². The van der Waals surface area contributed by atoms with Crippen LogP contribution in [0.25, 0.3) is 11.3 Å². The predicted octanol–water partition coefficient (Wildman–Crippen LogP) is 3.66. The molecule has 1 aromatic heterocycles. The normalized spacial score (nSPS) is 10.4. The van der Waals surface area contributed by atoms with Crippen LogP contribution in [0.3, 0.4) is 0 Å². The summed E-state index contributed by atoms with van der Waals surface area (Å²) in [5, 5.41) is 12.6. The lowest BCUT2D eigenvalue weighted by molar-refractivity contribution is -0.384. The molecule has 0 bridgehead atoms. The standard InChI is InChI=1S/C9H5ClN2O2S2/c10-6-2-1-5(3-8(6)12(13)14)7-4-16-9(15)11-7/h1-4H,(H,11,15). The number of hydrogen-bond acceptors (Lipinski definition) is 5. The number of nitro benzene ring substituents is 1. The smallest absolute Gasteiger partial charge is 0.258 e. The minimum Gasteiger partial charge on any atom is -0.258 e. The van der Waals surface area contributed by atoms with Crippen LogP contribution in [0.15, 0.2) is 27.9 Å². The molecule has 0 radical (unpaired) electrons. The highest BCUT2D eigenvalue weighted by atomic mass is 35.5. The Hall–Kier alpha value is -1.11. The van der Waals surface area contributed by atoms with Crippen LogP contribution in [0.2, 0.25) is 5.02 Å². The van der Waals surface area contributed by atoms with Gasteiger partial charge in [0.05, 0.1) is 10.6 Å². The Morgan fingerprint density at radius 3 is 2.81 bits per heavy atom. The number of hydrogen-bond donors (Lipinski definition) is 1. The number of benzene rings is 1. The third-order valence-corrected chi connectivity index (χ3v) is 3.31. The quantitative estimate of drug-likeness (QED) is 0.516. The molecule has 0 unspecified atom stereocenters. The van der Waals surface area contributed by atoms with Crippen molar-refractivity contribution in [3.05, 3.63) is 38.7 Å². The number of nitrogens with zero attached hydrogens (tertiary/aromatic N) is 2. The molecule has 0 saturated heterocycles. The molecule has 0 N–H and O–H groups in total. The molecule has 0 aliphatic heterocycles. The van der Waals surface area contributed by atoms with Gasteiger partial charge in [-0.05, 0) is 6.07 Å². The molecule has 0 aliphatic carbocycles. The van der Waals surface area contributed by atoms with E-state index in [-0.39, 0.29) is 10.7 Å². The number of nitro groups is 1. The fourth-order valence-electron chi connectivity index (χ4n) is 1.21. The third-order valence-electron chi connectivity index (χ3n) is 1.93. The molecule has 82 valence electrons. The van der Waals surface area contributed by atoms with Gasteiger partial charge in [0.15, 0.2) is 0 Å². The number of thiazole rings is 1. The number of halogens is 1. The maximum Gasteiger partial charge on any atom is 0.288 e. The third kappa shape index (κ3) is 2.18. The van der Waals surface area contributed by atoms with E-state index in [1.165, 1.54) is 23.5 Å². The molecule has 0 spiro atoms. The van der Waals surface area contributed by atoms with E-state index in [0.29, 0.717) is 15.6 Å². The van der Waals surface area contributed by atoms with Gasteiger partial charge in [0.25, 0.3) is 5.69 Å². The topological polar surface area (TPSA) is 56.0 Å². The summed E-state index contributed by atoms with van der Waals surface area (Å²) in [5.41, 5.74) is 1.20. The van der Waals surface area contributed by atoms with E-state index in [4.69, 9.17) is 11.6 Å². The molecular formula is C9H5ClN2O2S2. The van der Waals surface area contributed by atoms with Crippen LogP contribution in [0.1, 0.15) is 0 Å². The highest BCUT2D eigenvalue weighted by Gasteiger charge is 2.14. The van der Waals surface area contributed by atoms with Gasteiger partial charge in [-0.3, -0.25) is 10.1 Å². The zero-order valence-corrected chi connectivity index (χ0v) is 10.2. The van der Waals surface area contributed by atoms with Crippen LogP contribution in [0.5, 0.6) is 0 Å². The first kappa shape index (κ1) is 11.4. The monoisotopic (exact) mass is 272 g/mol. The Balaban J connectivity index is 2.51. The summed E-state index contributed by atoms with van der Waals surface area (Å²) >= 11 is 11.2. The van der Waals surface area contributed by atoms with Crippen molar-refractivity contribution < 1.29 is 4.92 Å². The van der Waals surface area contributed by atoms with Crippen molar-refractivity contribution in [1.29, 1.82) is 0 Å². The summed E-state index contributed by atoms with van der Waals surface area (Å²) in [4.78, 5) is 14.3. The molecule has 0 atom stereocenters. The Kier molecular flexibility index (Phi) is 3.13. The zero-order chi connectivity index (χ0) is 11.7. The van der Waals surface area contributed by atoms with Gasteiger partial charge in [-0.15, -0.1) is 24.0 Å². The van der Waals surface area contributed by atoms with E-state index in [9.17, 15) is 10.1 Å². The van der Waals surface area contributed by atoms with Gasteiger partial charge in [0.1, 0.15) is 9.36 Å². The summed E-state index contributed by atoms with van der Waals surface area (Å²) in [6.45, 7) is 0. The van der Waals surface area contributed by atoms with Gasteiger partial charge >= 0.3 is 0 Å². The molecule has 0 fully saturated rings. The highest BCUT2D eigenvalue weighted by Crippen LogP contribution is 2.31. The molecular weight excluding hydrogens is 268 g/mol. The summed E-state index contributed by atoms with van der Waals surface area (Å²) in [6.07, 6.45) is 0. The maximum absolute atomic E-state index is 10.7. The van der Waals surface area contributed by atoms with Crippen molar-refractivity contribution in [3.63, 3.8) is 0 Å². The summed E-state index contributed by atoms with van der Waals surface area (Å²) < 4.78 is 0.618. The van der Waals surface area contributed by atoms with E-state index in [1.54, 1.807) is 11.4 Å². The predicted molar refractivity (Wildman–Crippen MR) is 66.5 cm³/mol. The molecule has 4 nitrogen and oxygen atoms in total. The van der Waals surface area contributed by atoms with E-state index in [1.807, 2.05) is 0 Å². The minimum atomic E-state index is -0.514. The van der Waals surface area contributed by atoms with Crippen LogP contribution in [-0.4, -0.2) is 9.91 Å². The first-order chi connectivity index (χ1) is 7.58. The average Bonchev–Trinajstić information content (AvgIpc) is 2.65. The van der Waals surface area contributed by atoms with E-state index < -0.39 is 4.92 Å². The molecule has 1 aromatic carbocycles. The average molecular weight is 273 g/mol. The summed E-state index contributed by atoms with van der Waals surface area (Å²) in [5.74, 6) is 0. The lowest BCUT2D eigenvalue weighted by Crippen LogP contribution is -1.89. The van der Waals surface area contributed by atoms with Gasteiger partial charge in [0.2, 0.25) is 0 Å². The summed E-state index contributed by atoms with van der Waals surface area (Å²) in [7, 11) is 0. The molecule has 0 amide bonds. The first-order valence-corrected chi connectivity index (χ1v) is 5.87. The van der Waals surface area contributed by atoms with Gasteiger partial charge in [-0.2, -0.15) is 0 Å². The Morgan fingerprint density at radius 2 is 2.25 bits per heavy atom. The number of rotatable bonds is 2. The molecule has 16 heavy (non-hydrogen) atoms. The van der Waals surface area contributed by atoms with Crippen LogP contribution < -0.4 is 0 Å². The first-order valence-electron chi connectivity index (χ1n) is 4.17. The van der Waals surface area contributed by atoms with E-state index >= 15 is 0 Å². The Bertz CT molecular complexity index is 556. The molecule has 2 rings (SSSR count). The van der Waals surface area contributed by atoms with Gasteiger partial charge < -0.3 is 0 Å². The molecule has 0 aliphatic rings. The number of thiol groups is 1. The molecule has 1 heterocycles. The van der Waals surface area contributed by atoms with Crippen molar-refractivity contribution in [1.82, 2.24) is 4.98 Å². The zero-order valence-electron chi connectivity index (χ0n) is 7.75. The number of aromatic nitrogens is 1. The Labute approximate surface area is 105 Å². The Morgan fingerprint density at radius 1 is 1.50 bits per heavy atom. The van der Waals surface area contributed by atoms with Gasteiger partial charge in [0, 0.05) is 17.0 Å². The van der Waals surface area contributed by atoms with Crippen LogP contribution in [-0.2, 0) is 0 Å². The molecule has 7 heteroatoms. The SMILES string of the molecule is O=[N+]([O-])c1cc(-c2csc(S)n2)ccc1Cl. The second-order valence-corrected chi connectivity index (χ2v) is 4.93. The molecule has 2 aromatic rings. The lowest BCUT2D eigenvalue weighted by atomic mass is 10.1. The van der Waals surface area contributed by atoms with Gasteiger partial charge in [-0.1, -0.05) is 17.7 Å². The van der Waals surface area contributed by atoms with Crippen molar-refractivity contribution in [2.75, 3.05) is 0 Å². The maximum atomic E-state index is 10.7. The second kappa shape index (κ2) is 4.40. The van der Waals surface area contributed by atoms with Crippen LogP contribution in [0.4, 0.5) is 5.69 Å². The van der Waals surface area contributed by atoms with Crippen molar-refractivity contribution in [2.45, 2.75) is 4.34 Å². The van der Waals surface area contributed by atoms with Crippen molar-refractivity contribution >= 4 is 41.3 Å². The van der Waals surface area contributed by atoms with Crippen molar-refractivity contribution in [2.24, 2.45) is 0 Å². The van der Waals surface area contributed by atoms with Crippen LogP contribution in [0, 0.1) is 10.1 Å². The fraction of sp³-hybridized carbons (Fsp3) is 0. The van der Waals surface area contributed by atoms with E-state index in [0.717, 1.165) is 0 Å². The second-order valence-electron chi connectivity index (χ2n) is 2.94. The largest absolute Gasteiger partial charge is 0.288 e. The lowest BCUT2D eigenvalue weighted by Gasteiger charge is -1.98. The highest BCUT2D eigenvalue weighted by molar-refractivity contribution is 7.82. The van der Waals surface area contributed by atoms with Crippen LogP contribution >= 0.6 is 35.6 Å².